The van der Waals surface area contributed by atoms with E-state index in [-0.39, 0.29) is 0 Å². The summed E-state index contributed by atoms with van der Waals surface area (Å²) >= 11 is 0. The maximum atomic E-state index is 3.91. The highest BCUT2D eigenvalue weighted by Crippen LogP contribution is 2.08. The summed E-state index contributed by atoms with van der Waals surface area (Å²) in [5.41, 5.74) is 2.00. The van der Waals surface area contributed by atoms with Crippen LogP contribution in [0.5, 0.6) is 0 Å². The molecule has 0 heteroatoms. The maximum absolute atomic E-state index is 3.91. The van der Waals surface area contributed by atoms with Gasteiger partial charge in [0, 0.05) is 0 Å². The molecule has 90 valence electrons. The van der Waals surface area contributed by atoms with E-state index in [2.05, 4.69) is 65.5 Å². The minimum absolute atomic E-state index is 1.00. The Balaban J connectivity index is -0.000000376. The molecule has 0 aromatic heterocycles. The van der Waals surface area contributed by atoms with E-state index in [0.717, 1.165) is 24.0 Å². The molecular formula is C16H26. The van der Waals surface area contributed by atoms with Crippen molar-refractivity contribution >= 4 is 0 Å². The van der Waals surface area contributed by atoms with Gasteiger partial charge >= 0.3 is 0 Å². The molecule has 0 radical (unpaired) electrons. The Morgan fingerprint density at radius 3 is 1.19 bits per heavy atom. The van der Waals surface area contributed by atoms with Crippen molar-refractivity contribution in [2.45, 2.75) is 26.7 Å². The predicted molar refractivity (Wildman–Crippen MR) is 79.7 cm³/mol. The van der Waals surface area contributed by atoms with Gasteiger partial charge < -0.3 is 0 Å². The largest absolute Gasteiger partial charge is 0.106 e. The van der Waals surface area contributed by atoms with Gasteiger partial charge in [-0.05, 0) is 24.0 Å². The third-order valence-corrected chi connectivity index (χ3v) is 1.52. The second-order valence-electron chi connectivity index (χ2n) is 2.67. The van der Waals surface area contributed by atoms with Crippen LogP contribution in [-0.4, -0.2) is 0 Å². The Kier molecular flexibility index (Phi) is 23.8. The van der Waals surface area contributed by atoms with Crippen molar-refractivity contribution in [3.8, 4) is 0 Å². The van der Waals surface area contributed by atoms with Crippen molar-refractivity contribution < 1.29 is 0 Å². The Labute approximate surface area is 102 Å². The molecule has 0 bridgehead atoms. The first-order valence-electron chi connectivity index (χ1n) is 5.43. The third-order valence-electron chi connectivity index (χ3n) is 1.52. The average Bonchev–Trinajstić information content (AvgIpc) is 2.37. The zero-order valence-corrected chi connectivity index (χ0v) is 11.0. The summed E-state index contributed by atoms with van der Waals surface area (Å²) < 4.78 is 0. The topological polar surface area (TPSA) is 0 Å². The Hall–Kier alpha value is -1.56. The molecule has 0 heterocycles. The molecule has 0 aromatic carbocycles. The lowest BCUT2D eigenvalue weighted by atomic mass is 10.1. The summed E-state index contributed by atoms with van der Waals surface area (Å²) in [5, 5.41) is 0. The van der Waals surface area contributed by atoms with E-state index < -0.39 is 0 Å². The Bertz CT molecular complexity index is 202. The smallest absolute Gasteiger partial charge is 0.0265 e. The quantitative estimate of drug-likeness (QED) is 0.414. The molecule has 0 aliphatic rings. The van der Waals surface area contributed by atoms with E-state index in [1.165, 1.54) is 0 Å². The molecule has 0 N–H and O–H groups in total. The zero-order chi connectivity index (χ0) is 13.4. The minimum Gasteiger partial charge on any atom is -0.106 e. The molecule has 0 fully saturated rings. The van der Waals surface area contributed by atoms with Crippen LogP contribution >= 0.6 is 0 Å². The Morgan fingerprint density at radius 2 is 1.00 bits per heavy atom. The monoisotopic (exact) mass is 218 g/mol. The van der Waals surface area contributed by atoms with E-state index >= 15 is 0 Å². The summed E-state index contributed by atoms with van der Waals surface area (Å²) in [6.07, 6.45) is 10.3. The normalized spacial score (nSPS) is 8.88. The first-order chi connectivity index (χ1) is 7.72. The summed E-state index contributed by atoms with van der Waals surface area (Å²) in [6.45, 7) is 24.0. The van der Waals surface area contributed by atoms with Gasteiger partial charge in [-0.15, -0.1) is 26.3 Å². The van der Waals surface area contributed by atoms with Crippen LogP contribution in [-0.2, 0) is 0 Å². The molecule has 0 nitrogen and oxygen atoms in total. The van der Waals surface area contributed by atoms with Gasteiger partial charge in [0.25, 0.3) is 0 Å². The summed E-state index contributed by atoms with van der Waals surface area (Å²) in [6, 6.07) is 0. The molecule has 0 atom stereocenters. The fourth-order valence-corrected chi connectivity index (χ4v) is 0.734. The van der Waals surface area contributed by atoms with Crippen LogP contribution in [0.3, 0.4) is 0 Å². The number of hydrogen-bond acceptors (Lipinski definition) is 0. The van der Waals surface area contributed by atoms with Gasteiger partial charge in [-0.2, -0.15) is 0 Å². The first-order valence-corrected chi connectivity index (χ1v) is 5.43. The molecule has 16 heavy (non-hydrogen) atoms. The van der Waals surface area contributed by atoms with Crippen LogP contribution in [0.25, 0.3) is 0 Å². The average molecular weight is 218 g/mol. The van der Waals surface area contributed by atoms with Crippen molar-refractivity contribution in [2.24, 2.45) is 0 Å². The second-order valence-corrected chi connectivity index (χ2v) is 2.67. The van der Waals surface area contributed by atoms with E-state index in [1.54, 1.807) is 0 Å². The van der Waals surface area contributed by atoms with Crippen molar-refractivity contribution in [1.82, 2.24) is 0 Å². The first kappa shape index (κ1) is 19.9. The van der Waals surface area contributed by atoms with Gasteiger partial charge in [0.1, 0.15) is 0 Å². The maximum Gasteiger partial charge on any atom is -0.0265 e. The number of rotatable bonds is 5. The highest BCUT2D eigenvalue weighted by Gasteiger charge is 1.88. The van der Waals surface area contributed by atoms with Gasteiger partial charge in [-0.1, -0.05) is 51.3 Å². The van der Waals surface area contributed by atoms with Gasteiger partial charge in [0.05, 0.1) is 0 Å². The van der Waals surface area contributed by atoms with Crippen molar-refractivity contribution in [2.75, 3.05) is 0 Å². The fraction of sp³-hybridized carbons (Fsp3) is 0.250. The molecule has 0 aromatic rings. The molecule has 0 rings (SSSR count). The molecule has 0 saturated carbocycles. The van der Waals surface area contributed by atoms with E-state index in [4.69, 9.17) is 0 Å². The number of hydrogen-bond donors (Lipinski definition) is 0. The molecule has 0 aliphatic heterocycles. The van der Waals surface area contributed by atoms with E-state index in [9.17, 15) is 0 Å². The molecule has 0 unspecified atom stereocenters. The van der Waals surface area contributed by atoms with Crippen molar-refractivity contribution in [3.63, 3.8) is 0 Å². The van der Waals surface area contributed by atoms with E-state index in [0.29, 0.717) is 0 Å². The van der Waals surface area contributed by atoms with Crippen molar-refractivity contribution in [1.29, 1.82) is 0 Å². The highest BCUT2D eigenvalue weighted by molar-refractivity contribution is 5.42. The summed E-state index contributed by atoms with van der Waals surface area (Å²) in [7, 11) is 0. The SMILES string of the molecule is C=C.C=C.C=C(/C=C\CC)C(=C)/C=C\CC. The lowest BCUT2D eigenvalue weighted by molar-refractivity contribution is 1.21. The van der Waals surface area contributed by atoms with E-state index in [1.807, 2.05) is 12.2 Å². The molecule has 0 aliphatic carbocycles. The summed E-state index contributed by atoms with van der Waals surface area (Å²) in [5.74, 6) is 0. The third kappa shape index (κ3) is 14.9. The van der Waals surface area contributed by atoms with Crippen LogP contribution < -0.4 is 0 Å². The van der Waals surface area contributed by atoms with Crippen LogP contribution in [0.2, 0.25) is 0 Å². The van der Waals surface area contributed by atoms with Gasteiger partial charge in [0.2, 0.25) is 0 Å². The van der Waals surface area contributed by atoms with Crippen LogP contribution in [0.15, 0.2) is 74.9 Å². The molecule has 0 spiro atoms. The van der Waals surface area contributed by atoms with Gasteiger partial charge in [-0.25, -0.2) is 0 Å². The molecule has 0 saturated heterocycles. The van der Waals surface area contributed by atoms with Crippen LogP contribution in [0.1, 0.15) is 26.7 Å². The van der Waals surface area contributed by atoms with Crippen LogP contribution in [0.4, 0.5) is 0 Å². The lowest BCUT2D eigenvalue weighted by Gasteiger charge is -1.97. The van der Waals surface area contributed by atoms with Gasteiger partial charge in [-0.3, -0.25) is 0 Å². The number of allylic oxidation sites excluding steroid dienone is 6. The lowest BCUT2D eigenvalue weighted by Crippen LogP contribution is -1.77. The highest BCUT2D eigenvalue weighted by atomic mass is 13.9. The second kappa shape index (κ2) is 19.1. The van der Waals surface area contributed by atoms with Crippen LogP contribution in [0, 0.1) is 0 Å². The predicted octanol–water partition coefficient (Wildman–Crippen LogP) is 5.64. The van der Waals surface area contributed by atoms with Crippen molar-refractivity contribution in [3.05, 3.63) is 74.9 Å². The molecular weight excluding hydrogens is 192 g/mol. The fourth-order valence-electron chi connectivity index (χ4n) is 0.734. The zero-order valence-electron chi connectivity index (χ0n) is 11.0. The Morgan fingerprint density at radius 1 is 0.750 bits per heavy atom. The summed E-state index contributed by atoms with van der Waals surface area (Å²) in [4.78, 5) is 0. The van der Waals surface area contributed by atoms with Gasteiger partial charge in [0.15, 0.2) is 0 Å². The molecule has 0 amide bonds. The minimum atomic E-state index is 1.00. The standard InChI is InChI=1S/C12H18.2C2H4/c1-5-7-9-11(3)12(4)10-8-6-2;2*1-2/h7-10H,3-6H2,1-2H3;2*1-2H2/b9-7-,10-8-;;.